The number of hydrogen-bond donors (Lipinski definition) is 2. The predicted molar refractivity (Wildman–Crippen MR) is 62.7 cm³/mol. The van der Waals surface area contributed by atoms with Gasteiger partial charge in [0.15, 0.2) is 0 Å². The van der Waals surface area contributed by atoms with Crippen LogP contribution < -0.4 is 10.0 Å². The largest absolute Gasteiger partial charge is 0.317 e. The van der Waals surface area contributed by atoms with E-state index in [1.54, 1.807) is 6.33 Å². The molecule has 0 aromatic carbocycles. The maximum Gasteiger partial charge on any atom is 0.216 e. The van der Waals surface area contributed by atoms with Crippen molar-refractivity contribution in [2.75, 3.05) is 13.1 Å². The minimum atomic E-state index is -3.25. The number of aryl methyl sites for hydroxylation is 1. The fraction of sp³-hybridized carbons (Fsp3) is 0.778. The van der Waals surface area contributed by atoms with Gasteiger partial charge in [0.2, 0.25) is 10.0 Å². The minimum absolute atomic E-state index is 0.201. The zero-order chi connectivity index (χ0) is 12.3. The Hall–Kier alpha value is -0.990. The van der Waals surface area contributed by atoms with Crippen molar-refractivity contribution in [3.63, 3.8) is 0 Å². The van der Waals surface area contributed by atoms with Gasteiger partial charge in [-0.3, -0.25) is 0 Å². The van der Waals surface area contributed by atoms with Gasteiger partial charge in [-0.1, -0.05) is 0 Å². The first-order valence-corrected chi connectivity index (χ1v) is 7.24. The SMILES string of the molecule is CCn1cnnc1CNS(=O)(=O)C1CCNC1. The topological polar surface area (TPSA) is 88.9 Å². The average molecular weight is 259 g/mol. The fourth-order valence-electron chi connectivity index (χ4n) is 1.86. The molecule has 0 bridgehead atoms. The van der Waals surface area contributed by atoms with E-state index in [0.29, 0.717) is 18.8 Å². The molecule has 0 spiro atoms. The van der Waals surface area contributed by atoms with E-state index < -0.39 is 10.0 Å². The summed E-state index contributed by atoms with van der Waals surface area (Å²) in [4.78, 5) is 0. The van der Waals surface area contributed by atoms with E-state index in [1.165, 1.54) is 0 Å². The van der Waals surface area contributed by atoms with E-state index in [4.69, 9.17) is 0 Å². The third-order valence-electron chi connectivity index (χ3n) is 2.92. The van der Waals surface area contributed by atoms with Gasteiger partial charge in [0.25, 0.3) is 0 Å². The lowest BCUT2D eigenvalue weighted by Crippen LogP contribution is -2.35. The highest BCUT2D eigenvalue weighted by molar-refractivity contribution is 7.90. The summed E-state index contributed by atoms with van der Waals surface area (Å²) in [5.41, 5.74) is 0. The lowest BCUT2D eigenvalue weighted by atomic mass is 10.4. The average Bonchev–Trinajstić information content (AvgIpc) is 2.97. The summed E-state index contributed by atoms with van der Waals surface area (Å²) < 4.78 is 28.2. The standard InChI is InChI=1S/C9H17N5O2S/c1-2-14-7-11-13-9(14)6-12-17(15,16)8-3-4-10-5-8/h7-8,10,12H,2-6H2,1H3. The summed E-state index contributed by atoms with van der Waals surface area (Å²) in [6.45, 7) is 4.18. The van der Waals surface area contributed by atoms with Crippen molar-refractivity contribution in [1.29, 1.82) is 0 Å². The lowest BCUT2D eigenvalue weighted by molar-refractivity contribution is 0.562. The molecule has 2 N–H and O–H groups in total. The third-order valence-corrected chi connectivity index (χ3v) is 4.75. The highest BCUT2D eigenvalue weighted by Gasteiger charge is 2.28. The highest BCUT2D eigenvalue weighted by Crippen LogP contribution is 2.08. The molecule has 1 unspecified atom stereocenters. The normalized spacial score (nSPS) is 20.9. The molecular weight excluding hydrogens is 242 g/mol. The van der Waals surface area contributed by atoms with Crippen molar-refractivity contribution in [3.8, 4) is 0 Å². The summed E-state index contributed by atoms with van der Waals surface area (Å²) in [6.07, 6.45) is 2.26. The van der Waals surface area contributed by atoms with Gasteiger partial charge in [-0.15, -0.1) is 10.2 Å². The second-order valence-electron chi connectivity index (χ2n) is 4.01. The maximum absolute atomic E-state index is 11.9. The zero-order valence-electron chi connectivity index (χ0n) is 9.76. The van der Waals surface area contributed by atoms with Crippen LogP contribution in [0, 0.1) is 0 Å². The van der Waals surface area contributed by atoms with Crippen molar-refractivity contribution >= 4 is 10.0 Å². The van der Waals surface area contributed by atoms with E-state index in [0.717, 1.165) is 13.1 Å². The number of rotatable bonds is 5. The Bertz CT molecular complexity index is 463. The van der Waals surface area contributed by atoms with Crippen LogP contribution in [0.4, 0.5) is 0 Å². The van der Waals surface area contributed by atoms with Crippen LogP contribution in [0.25, 0.3) is 0 Å². The molecule has 0 aliphatic carbocycles. The van der Waals surface area contributed by atoms with E-state index in [9.17, 15) is 8.42 Å². The number of nitrogens with one attached hydrogen (secondary N) is 2. The summed E-state index contributed by atoms with van der Waals surface area (Å²) in [7, 11) is -3.25. The van der Waals surface area contributed by atoms with Crippen LogP contribution in [0.2, 0.25) is 0 Å². The van der Waals surface area contributed by atoms with Gasteiger partial charge in [0.05, 0.1) is 11.8 Å². The Morgan fingerprint density at radius 3 is 3.12 bits per heavy atom. The molecule has 2 rings (SSSR count). The van der Waals surface area contributed by atoms with Gasteiger partial charge in [0, 0.05) is 13.1 Å². The van der Waals surface area contributed by atoms with Gasteiger partial charge >= 0.3 is 0 Å². The zero-order valence-corrected chi connectivity index (χ0v) is 10.6. The Morgan fingerprint density at radius 1 is 1.65 bits per heavy atom. The van der Waals surface area contributed by atoms with E-state index in [-0.39, 0.29) is 11.8 Å². The molecule has 0 amide bonds. The molecule has 7 nitrogen and oxygen atoms in total. The quantitative estimate of drug-likeness (QED) is 0.714. The van der Waals surface area contributed by atoms with Crippen molar-refractivity contribution in [3.05, 3.63) is 12.2 Å². The number of hydrogen-bond acceptors (Lipinski definition) is 5. The molecule has 1 aliphatic heterocycles. The second kappa shape index (κ2) is 5.11. The van der Waals surface area contributed by atoms with Crippen molar-refractivity contribution in [2.45, 2.75) is 31.7 Å². The van der Waals surface area contributed by atoms with Gasteiger partial charge in [-0.05, 0) is 19.9 Å². The summed E-state index contributed by atoms with van der Waals surface area (Å²) >= 11 is 0. The van der Waals surface area contributed by atoms with Gasteiger partial charge in [-0.2, -0.15) is 0 Å². The van der Waals surface area contributed by atoms with E-state index >= 15 is 0 Å². The van der Waals surface area contributed by atoms with Crippen molar-refractivity contribution in [2.24, 2.45) is 0 Å². The van der Waals surface area contributed by atoms with Crippen LogP contribution >= 0.6 is 0 Å². The monoisotopic (exact) mass is 259 g/mol. The molecule has 1 aromatic heterocycles. The smallest absolute Gasteiger partial charge is 0.216 e. The first kappa shape index (κ1) is 12.5. The van der Waals surface area contributed by atoms with Crippen LogP contribution in [0.5, 0.6) is 0 Å². The second-order valence-corrected chi connectivity index (χ2v) is 6.06. The van der Waals surface area contributed by atoms with Gasteiger partial charge < -0.3 is 9.88 Å². The summed E-state index contributed by atoms with van der Waals surface area (Å²) in [5.74, 6) is 0.641. The maximum atomic E-state index is 11.9. The minimum Gasteiger partial charge on any atom is -0.317 e. The molecule has 1 atom stereocenters. The molecule has 1 fully saturated rings. The van der Waals surface area contributed by atoms with Crippen LogP contribution in [0.1, 0.15) is 19.2 Å². The molecular formula is C9H17N5O2S. The highest BCUT2D eigenvalue weighted by atomic mass is 32.2. The Kier molecular flexibility index (Phi) is 3.75. The Balaban J connectivity index is 1.97. The molecule has 8 heteroatoms. The molecule has 96 valence electrons. The molecule has 0 saturated carbocycles. The molecule has 1 aliphatic rings. The van der Waals surface area contributed by atoms with Crippen LogP contribution in [0.15, 0.2) is 6.33 Å². The third kappa shape index (κ3) is 2.82. The fourth-order valence-corrected chi connectivity index (χ4v) is 3.19. The summed E-state index contributed by atoms with van der Waals surface area (Å²) in [6, 6.07) is 0. The molecule has 0 radical (unpaired) electrons. The van der Waals surface area contributed by atoms with Crippen LogP contribution in [-0.4, -0.2) is 41.5 Å². The lowest BCUT2D eigenvalue weighted by Gasteiger charge is -2.11. The molecule has 1 aromatic rings. The van der Waals surface area contributed by atoms with E-state index in [1.807, 2.05) is 11.5 Å². The Labute approximate surface area is 101 Å². The molecule has 2 heterocycles. The first-order chi connectivity index (χ1) is 8.13. The summed E-state index contributed by atoms with van der Waals surface area (Å²) in [5, 5.41) is 10.4. The molecule has 17 heavy (non-hydrogen) atoms. The van der Waals surface area contributed by atoms with Crippen LogP contribution in [0.3, 0.4) is 0 Å². The van der Waals surface area contributed by atoms with Crippen LogP contribution in [-0.2, 0) is 23.1 Å². The number of sulfonamides is 1. The Morgan fingerprint density at radius 2 is 2.47 bits per heavy atom. The molecule has 1 saturated heterocycles. The van der Waals surface area contributed by atoms with Crippen molar-refractivity contribution in [1.82, 2.24) is 24.8 Å². The van der Waals surface area contributed by atoms with Gasteiger partial charge in [0.1, 0.15) is 12.2 Å². The number of aromatic nitrogens is 3. The number of nitrogens with zero attached hydrogens (tertiary/aromatic N) is 3. The first-order valence-electron chi connectivity index (χ1n) is 5.69. The van der Waals surface area contributed by atoms with E-state index in [2.05, 4.69) is 20.2 Å². The predicted octanol–water partition coefficient (Wildman–Crippen LogP) is -0.921. The van der Waals surface area contributed by atoms with Crippen molar-refractivity contribution < 1.29 is 8.42 Å². The van der Waals surface area contributed by atoms with Gasteiger partial charge in [-0.25, -0.2) is 13.1 Å².